The molecule has 0 unspecified atom stereocenters. The molecule has 8 heteroatoms. The Morgan fingerprint density at radius 3 is 2.34 bits per heavy atom. The van der Waals surface area contributed by atoms with Gasteiger partial charge in [-0.2, -0.15) is 0 Å². The summed E-state index contributed by atoms with van der Waals surface area (Å²) in [7, 11) is 1.61. The molecule has 0 amide bonds. The van der Waals surface area contributed by atoms with Crippen LogP contribution in [-0.4, -0.2) is 14.1 Å². The quantitative estimate of drug-likeness (QED) is 0.296. The molecule has 1 saturated carbocycles. The number of hydrogen-bond acceptors (Lipinski definition) is 3. The minimum absolute atomic E-state index is 0.131. The number of fused-ring (bicyclic) bond motifs is 1. The zero-order valence-corrected chi connectivity index (χ0v) is 21.1. The van der Waals surface area contributed by atoms with Crippen LogP contribution in [0.4, 0.5) is 8.78 Å². The van der Waals surface area contributed by atoms with Crippen molar-refractivity contribution in [2.45, 2.75) is 32.7 Å². The van der Waals surface area contributed by atoms with Gasteiger partial charge in [0.2, 0.25) is 0 Å². The van der Waals surface area contributed by atoms with Gasteiger partial charge in [-0.25, -0.2) is 8.78 Å². The summed E-state index contributed by atoms with van der Waals surface area (Å²) in [6, 6.07) is 12.5. The second kappa shape index (κ2) is 8.83. The molecule has 3 aromatic heterocycles. The van der Waals surface area contributed by atoms with E-state index >= 15 is 0 Å². The standard InChI is InChI=1S/C30H25F2N3O3/c1-16-5-4-6-17(2)29(16)38-26-15-35(19-8-9-19)27(36)13-21(26)23-14-34(3)30(37)28-22(23)12-25(33-28)20-10-7-18(31)11-24(20)32/h4-7,10-15,19,33H,8-9H2,1-3H3. The van der Waals surface area contributed by atoms with Gasteiger partial charge in [0.25, 0.3) is 11.1 Å². The van der Waals surface area contributed by atoms with E-state index in [0.717, 1.165) is 36.1 Å². The van der Waals surface area contributed by atoms with Crippen molar-refractivity contribution < 1.29 is 13.5 Å². The van der Waals surface area contributed by atoms with Crippen molar-refractivity contribution in [3.63, 3.8) is 0 Å². The van der Waals surface area contributed by atoms with Crippen LogP contribution in [0.1, 0.15) is 30.0 Å². The Morgan fingerprint density at radius 2 is 1.66 bits per heavy atom. The smallest absolute Gasteiger partial charge is 0.274 e. The van der Waals surface area contributed by atoms with Crippen LogP contribution in [0.2, 0.25) is 0 Å². The van der Waals surface area contributed by atoms with Crippen LogP contribution in [0.5, 0.6) is 11.5 Å². The second-order valence-corrected chi connectivity index (χ2v) is 9.91. The van der Waals surface area contributed by atoms with Crippen LogP contribution in [0.3, 0.4) is 0 Å². The molecule has 6 nitrogen and oxygen atoms in total. The van der Waals surface area contributed by atoms with Crippen LogP contribution in [0.15, 0.2) is 70.5 Å². The van der Waals surface area contributed by atoms with Crippen LogP contribution < -0.4 is 15.9 Å². The average Bonchev–Trinajstić information content (AvgIpc) is 3.62. The number of para-hydroxylation sites is 1. The molecular weight excluding hydrogens is 488 g/mol. The molecule has 2 aromatic carbocycles. The minimum Gasteiger partial charge on any atom is -0.455 e. The SMILES string of the molecule is Cc1cccc(C)c1Oc1cn(C2CC2)c(=O)cc1-c1cn(C)c(=O)c2[nH]c(-c3ccc(F)cc3F)cc12. The lowest BCUT2D eigenvalue weighted by molar-refractivity contribution is 0.467. The summed E-state index contributed by atoms with van der Waals surface area (Å²) in [5, 5.41) is 0.502. The summed E-state index contributed by atoms with van der Waals surface area (Å²) < 4.78 is 37.7. The van der Waals surface area contributed by atoms with Gasteiger partial charge in [0, 0.05) is 59.2 Å². The highest BCUT2D eigenvalue weighted by Crippen LogP contribution is 2.41. The van der Waals surface area contributed by atoms with Crippen molar-refractivity contribution >= 4 is 10.9 Å². The first-order chi connectivity index (χ1) is 18.2. The molecule has 5 aromatic rings. The van der Waals surface area contributed by atoms with Gasteiger partial charge in [-0.1, -0.05) is 18.2 Å². The fourth-order valence-electron chi connectivity index (χ4n) is 4.93. The van der Waals surface area contributed by atoms with E-state index in [0.29, 0.717) is 33.7 Å². The monoisotopic (exact) mass is 513 g/mol. The molecule has 6 rings (SSSR count). The molecule has 1 N–H and O–H groups in total. The first kappa shape index (κ1) is 23.9. The van der Waals surface area contributed by atoms with Crippen molar-refractivity contribution in [1.29, 1.82) is 0 Å². The van der Waals surface area contributed by atoms with Gasteiger partial charge in [-0.3, -0.25) is 9.59 Å². The number of ether oxygens (including phenoxy) is 1. The van der Waals surface area contributed by atoms with Gasteiger partial charge in [0.1, 0.15) is 22.9 Å². The maximum Gasteiger partial charge on any atom is 0.274 e. The second-order valence-electron chi connectivity index (χ2n) is 9.91. The van der Waals surface area contributed by atoms with E-state index < -0.39 is 11.6 Å². The predicted octanol–water partition coefficient (Wildman–Crippen LogP) is 6.38. The maximum absolute atomic E-state index is 14.6. The molecule has 192 valence electrons. The molecule has 1 aliphatic rings. The fourth-order valence-corrected chi connectivity index (χ4v) is 4.93. The lowest BCUT2D eigenvalue weighted by atomic mass is 10.0. The molecule has 0 radical (unpaired) electrons. The summed E-state index contributed by atoms with van der Waals surface area (Å²) in [4.78, 5) is 29.2. The van der Waals surface area contributed by atoms with Crippen molar-refractivity contribution in [1.82, 2.24) is 14.1 Å². The highest BCUT2D eigenvalue weighted by molar-refractivity contribution is 5.98. The number of nitrogens with zero attached hydrogens (tertiary/aromatic N) is 2. The third-order valence-corrected chi connectivity index (χ3v) is 7.08. The molecule has 38 heavy (non-hydrogen) atoms. The van der Waals surface area contributed by atoms with Gasteiger partial charge in [-0.05, 0) is 56.0 Å². The van der Waals surface area contributed by atoms with E-state index in [-0.39, 0.29) is 28.2 Å². The van der Waals surface area contributed by atoms with Crippen LogP contribution in [-0.2, 0) is 7.05 Å². The third-order valence-electron chi connectivity index (χ3n) is 7.08. The molecule has 0 atom stereocenters. The molecule has 1 fully saturated rings. The number of H-pyrrole nitrogens is 1. The van der Waals surface area contributed by atoms with E-state index in [9.17, 15) is 18.4 Å². The van der Waals surface area contributed by atoms with Crippen molar-refractivity contribution in [3.05, 3.63) is 104 Å². The van der Waals surface area contributed by atoms with E-state index in [2.05, 4.69) is 4.98 Å². The van der Waals surface area contributed by atoms with Gasteiger partial charge in [-0.15, -0.1) is 0 Å². The molecule has 3 heterocycles. The first-order valence-corrected chi connectivity index (χ1v) is 12.4. The summed E-state index contributed by atoms with van der Waals surface area (Å²) in [6.07, 6.45) is 5.25. The summed E-state index contributed by atoms with van der Waals surface area (Å²) in [6.45, 7) is 3.91. The molecule has 0 bridgehead atoms. The van der Waals surface area contributed by atoms with Crippen LogP contribution in [0, 0.1) is 25.5 Å². The number of aryl methyl sites for hydroxylation is 3. The number of hydrogen-bond donors (Lipinski definition) is 1. The van der Waals surface area contributed by atoms with E-state index in [1.165, 1.54) is 16.7 Å². The van der Waals surface area contributed by atoms with E-state index in [1.54, 1.807) is 30.1 Å². The number of rotatable bonds is 5. The van der Waals surface area contributed by atoms with Gasteiger partial charge in [0.15, 0.2) is 5.75 Å². The Labute approximate surface area is 216 Å². The van der Waals surface area contributed by atoms with Gasteiger partial charge in [0.05, 0.1) is 6.20 Å². The molecule has 0 saturated heterocycles. The molecule has 0 aliphatic heterocycles. The lowest BCUT2D eigenvalue weighted by Gasteiger charge is -2.17. The number of nitrogens with one attached hydrogen (secondary N) is 1. The molecule has 0 spiro atoms. The normalized spacial score (nSPS) is 13.3. The highest BCUT2D eigenvalue weighted by Gasteiger charge is 2.27. The first-order valence-electron chi connectivity index (χ1n) is 12.4. The van der Waals surface area contributed by atoms with Crippen molar-refractivity contribution in [2.24, 2.45) is 7.05 Å². The van der Waals surface area contributed by atoms with Crippen LogP contribution >= 0.6 is 0 Å². The summed E-state index contributed by atoms with van der Waals surface area (Å²) in [5.74, 6) is -0.270. The predicted molar refractivity (Wildman–Crippen MR) is 143 cm³/mol. The number of halogens is 2. The summed E-state index contributed by atoms with van der Waals surface area (Å²) >= 11 is 0. The van der Waals surface area contributed by atoms with Gasteiger partial charge < -0.3 is 18.9 Å². The van der Waals surface area contributed by atoms with E-state index in [1.807, 2.05) is 32.0 Å². The Kier molecular flexibility index (Phi) is 5.56. The van der Waals surface area contributed by atoms with Crippen molar-refractivity contribution in [3.8, 4) is 33.9 Å². The van der Waals surface area contributed by atoms with Crippen molar-refractivity contribution in [2.75, 3.05) is 0 Å². The third kappa shape index (κ3) is 4.02. The highest BCUT2D eigenvalue weighted by atomic mass is 19.1. The molecule has 1 aliphatic carbocycles. The lowest BCUT2D eigenvalue weighted by Crippen LogP contribution is -2.19. The fraction of sp³-hybridized carbons (Fsp3) is 0.200. The largest absolute Gasteiger partial charge is 0.455 e. The molecular formula is C30H25F2N3O3. The topological polar surface area (TPSA) is 69.0 Å². The van der Waals surface area contributed by atoms with Gasteiger partial charge >= 0.3 is 0 Å². The number of pyridine rings is 2. The Hall–Kier alpha value is -4.46. The Morgan fingerprint density at radius 1 is 0.921 bits per heavy atom. The maximum atomic E-state index is 14.6. The van der Waals surface area contributed by atoms with Crippen LogP contribution in [0.25, 0.3) is 33.3 Å². The zero-order valence-electron chi connectivity index (χ0n) is 21.1. The Bertz CT molecular complexity index is 1840. The minimum atomic E-state index is -0.749. The average molecular weight is 514 g/mol. The Balaban J connectivity index is 1.61. The summed E-state index contributed by atoms with van der Waals surface area (Å²) in [5.41, 5.74) is 3.20. The number of aromatic nitrogens is 3. The number of aromatic amines is 1. The van der Waals surface area contributed by atoms with E-state index in [4.69, 9.17) is 4.74 Å². The zero-order chi connectivity index (χ0) is 26.7. The number of benzene rings is 2.